The molecular formula is C74H116N24O17. The van der Waals surface area contributed by atoms with Crippen LogP contribution < -0.4 is 103 Å². The Morgan fingerprint density at radius 2 is 0.965 bits per heavy atom. The van der Waals surface area contributed by atoms with Gasteiger partial charge in [-0.1, -0.05) is 83.0 Å². The Morgan fingerprint density at radius 3 is 1.50 bits per heavy atom. The van der Waals surface area contributed by atoms with Crippen LogP contribution >= 0.6 is 0 Å². The Bertz CT molecular complexity index is 3780. The van der Waals surface area contributed by atoms with Gasteiger partial charge in [-0.3, -0.25) is 77.9 Å². The maximum atomic E-state index is 14.7. The number of H-pyrrole nitrogens is 1. The van der Waals surface area contributed by atoms with Gasteiger partial charge in [0, 0.05) is 50.8 Å². The molecule has 0 spiro atoms. The van der Waals surface area contributed by atoms with E-state index in [2.05, 4.69) is 89.7 Å². The molecule has 1 aliphatic rings. The van der Waals surface area contributed by atoms with Crippen molar-refractivity contribution < 1.29 is 82.1 Å². The zero-order chi connectivity index (χ0) is 85.4. The number of aromatic nitrogens is 2. The molecule has 3 aromatic rings. The maximum Gasteiger partial charge on any atom is 0.326 e. The first-order chi connectivity index (χ1) is 54.6. The molecule has 0 saturated carbocycles. The van der Waals surface area contributed by atoms with Crippen molar-refractivity contribution in [2.75, 3.05) is 45.8 Å². The van der Waals surface area contributed by atoms with Gasteiger partial charge < -0.3 is 123 Å². The summed E-state index contributed by atoms with van der Waals surface area (Å²) in [5.74, 6) is -14.4. The lowest BCUT2D eigenvalue weighted by Gasteiger charge is -2.29. The average Bonchev–Trinajstić information content (AvgIpc) is 1.82. The normalized spacial score (nSPS) is 15.7. The van der Waals surface area contributed by atoms with E-state index in [0.29, 0.717) is 55.5 Å². The fourth-order valence-electron chi connectivity index (χ4n) is 12.0. The smallest absolute Gasteiger partial charge is 0.326 e. The van der Waals surface area contributed by atoms with Gasteiger partial charge in [0.05, 0.1) is 26.0 Å². The van der Waals surface area contributed by atoms with Crippen molar-refractivity contribution in [2.45, 2.75) is 211 Å². The van der Waals surface area contributed by atoms with Crippen molar-refractivity contribution in [1.29, 1.82) is 10.8 Å². The number of guanidine groups is 2. The highest BCUT2D eigenvalue weighted by Gasteiger charge is 2.39. The number of rotatable bonds is 50. The quantitative estimate of drug-likeness (QED) is 0.0142. The lowest BCUT2D eigenvalue weighted by Crippen LogP contribution is -2.60. The van der Waals surface area contributed by atoms with E-state index in [1.54, 1.807) is 51.1 Å². The summed E-state index contributed by atoms with van der Waals surface area (Å²) in [5, 5.41) is 73.6. The number of benzene rings is 2. The molecule has 0 radical (unpaired) electrons. The van der Waals surface area contributed by atoms with Gasteiger partial charge in [0.1, 0.15) is 78.3 Å². The molecule has 14 atom stereocenters. The Morgan fingerprint density at radius 1 is 0.504 bits per heavy atom. The molecule has 1 aromatic heterocycles. The zero-order valence-electron chi connectivity index (χ0n) is 66.0. The van der Waals surface area contributed by atoms with E-state index in [4.69, 9.17) is 33.8 Å². The van der Waals surface area contributed by atoms with Crippen LogP contribution in [0.3, 0.4) is 0 Å². The number of carbonyl (C=O) groups excluding carboxylic acids is 14. The van der Waals surface area contributed by atoms with Crippen molar-refractivity contribution >= 4 is 101 Å². The number of carbonyl (C=O) groups is 15. The number of nitrogens with one attached hydrogen (secondary N) is 18. The van der Waals surface area contributed by atoms with Gasteiger partial charge in [0.15, 0.2) is 11.9 Å². The van der Waals surface area contributed by atoms with Crippen LogP contribution in [0.1, 0.15) is 136 Å². The number of aromatic hydroxyl groups is 1. The van der Waals surface area contributed by atoms with E-state index >= 15 is 0 Å². The predicted molar refractivity (Wildman–Crippen MR) is 420 cm³/mol. The Balaban J connectivity index is 1.45. The Hall–Kier alpha value is -12.0. The van der Waals surface area contributed by atoms with Crippen LogP contribution in [0.5, 0.6) is 5.75 Å². The number of hydrogen-bond donors (Lipinski definition) is 24. The molecule has 0 unspecified atom stereocenters. The molecule has 2 aromatic carbocycles. The van der Waals surface area contributed by atoms with Gasteiger partial charge >= 0.3 is 5.97 Å². The van der Waals surface area contributed by atoms with E-state index in [-0.39, 0.29) is 108 Å². The summed E-state index contributed by atoms with van der Waals surface area (Å²) in [5.41, 5.74) is 23.4. The summed E-state index contributed by atoms with van der Waals surface area (Å²) in [4.78, 5) is 214. The highest BCUT2D eigenvalue weighted by Crippen LogP contribution is 2.19. The molecule has 41 nitrogen and oxygen atoms in total. The number of phenolic OH excluding ortho intramolecular Hbond substituents is 1. The molecule has 41 heteroatoms. The number of nitrogens with two attached hydrogens (primary N) is 4. The Kier molecular flexibility index (Phi) is 41.0. The number of phenols is 1. The standard InChI is InChI=1S/C74H116N24O17/c1-8-40(3)59(97-68(110)54(34-47-36-81-39-86-47)95-71(113)60(41(4)9-2)96-56(100)35-76)70(112)85-38-58(102)98-31-17-23-55(98)69(111)84-37-57(101)90-49(21-15-29-82-73(77)78)64(106)88-44(7)63(105)93-53(32-45-18-11-10-12-19-45)67(109)94-52(33-46-24-26-48(99)27-25-46)66(108)89-42(5)61(103)87-43(6)62(104)91-50(22-16-30-83-74(79)80)65(107)92-51(72(114)115)20-13-14-28-75/h10-12,18-19,24-27,36,39-44,49-55,59-60,99H,8-9,13-17,20-23,28-35,37-38,75-76H2,1-7H3,(H,81,86)(H,84,111)(H,85,112)(H,87,103)(H,88,106)(H,89,108)(H,90,101)(H,91,104)(H,92,107)(H,93,105)(H,94,109)(H,95,113)(H,96,100)(H,97,110)(H,114,115)(H4,77,78,82)(H4,79,80,83)/t40-,41-,42-,43-,44-,49-,50-,51-,52-,53-,54-,55-,59-,60-/m0/s1. The first-order valence-corrected chi connectivity index (χ1v) is 38.3. The number of nitrogens with zero attached hydrogens (tertiary/aromatic N) is 2. The molecule has 4 rings (SSSR count). The van der Waals surface area contributed by atoms with Crippen molar-refractivity contribution in [1.82, 2.24) is 94.6 Å². The summed E-state index contributed by atoms with van der Waals surface area (Å²) in [6.45, 7) is 9.76. The van der Waals surface area contributed by atoms with Crippen molar-refractivity contribution in [3.8, 4) is 5.75 Å². The highest BCUT2D eigenvalue weighted by molar-refractivity contribution is 6.00. The summed E-state index contributed by atoms with van der Waals surface area (Å²) in [6.07, 6.45) is 4.74. The monoisotopic (exact) mass is 1610 g/mol. The van der Waals surface area contributed by atoms with E-state index in [1.807, 2.05) is 6.92 Å². The maximum absolute atomic E-state index is 14.7. The van der Waals surface area contributed by atoms with Crippen molar-refractivity contribution in [3.05, 3.63) is 83.9 Å². The van der Waals surface area contributed by atoms with Crippen LogP contribution in [0.25, 0.3) is 0 Å². The van der Waals surface area contributed by atoms with Crippen LogP contribution in [0, 0.1) is 22.7 Å². The highest BCUT2D eigenvalue weighted by atomic mass is 16.4. The van der Waals surface area contributed by atoms with Gasteiger partial charge in [-0.2, -0.15) is 0 Å². The second-order valence-electron chi connectivity index (χ2n) is 28.2. The van der Waals surface area contributed by atoms with Crippen LogP contribution in [0.4, 0.5) is 0 Å². The lowest BCUT2D eigenvalue weighted by molar-refractivity contribution is -0.142. The third kappa shape index (κ3) is 33.7. The zero-order valence-corrected chi connectivity index (χ0v) is 66.0. The van der Waals surface area contributed by atoms with Gasteiger partial charge in [0.25, 0.3) is 0 Å². The fourth-order valence-corrected chi connectivity index (χ4v) is 12.0. The number of amides is 14. The average molecular weight is 1610 g/mol. The summed E-state index contributed by atoms with van der Waals surface area (Å²) < 4.78 is 0. The molecule has 1 fully saturated rings. The molecule has 115 heavy (non-hydrogen) atoms. The van der Waals surface area contributed by atoms with E-state index in [1.165, 1.54) is 62.5 Å². The van der Waals surface area contributed by atoms with Crippen LogP contribution in [-0.2, 0) is 91.2 Å². The van der Waals surface area contributed by atoms with Gasteiger partial charge in [-0.15, -0.1) is 0 Å². The van der Waals surface area contributed by atoms with E-state index in [0.717, 1.165) is 0 Å². The summed E-state index contributed by atoms with van der Waals surface area (Å²) in [7, 11) is 0. The second-order valence-corrected chi connectivity index (χ2v) is 28.2. The van der Waals surface area contributed by atoms with Crippen LogP contribution in [-0.4, -0.2) is 244 Å². The molecule has 1 saturated heterocycles. The van der Waals surface area contributed by atoms with Gasteiger partial charge in [0.2, 0.25) is 82.7 Å². The Labute approximate surface area is 666 Å². The first kappa shape index (κ1) is 95.3. The number of carboxylic acid groups (broad SMARTS) is 1. The number of aliphatic carboxylic acids is 1. The molecule has 2 heterocycles. The van der Waals surface area contributed by atoms with Crippen LogP contribution in [0.2, 0.25) is 0 Å². The number of imidazole rings is 1. The fraction of sp³-hybridized carbons (Fsp3) is 0.568. The topological polar surface area (TPSA) is 661 Å². The molecule has 1 aliphatic heterocycles. The first-order valence-electron chi connectivity index (χ1n) is 38.3. The van der Waals surface area contributed by atoms with E-state index < -0.39 is 180 Å². The molecule has 0 bridgehead atoms. The minimum Gasteiger partial charge on any atom is -0.508 e. The van der Waals surface area contributed by atoms with Gasteiger partial charge in [-0.25, -0.2) is 9.78 Å². The minimum absolute atomic E-state index is 0.0482. The third-order valence-electron chi connectivity index (χ3n) is 19.1. The number of likely N-dealkylation sites (tertiary alicyclic amines) is 1. The predicted octanol–water partition coefficient (Wildman–Crippen LogP) is -5.45. The third-order valence-corrected chi connectivity index (χ3v) is 19.1. The molecule has 634 valence electrons. The van der Waals surface area contributed by atoms with Crippen molar-refractivity contribution in [2.24, 2.45) is 34.8 Å². The summed E-state index contributed by atoms with van der Waals surface area (Å²) in [6, 6.07) is -1.92. The number of aromatic amines is 1. The largest absolute Gasteiger partial charge is 0.508 e. The lowest BCUT2D eigenvalue weighted by atomic mass is 9.96. The van der Waals surface area contributed by atoms with Crippen LogP contribution in [0.15, 0.2) is 67.1 Å². The van der Waals surface area contributed by atoms with Crippen molar-refractivity contribution in [3.63, 3.8) is 0 Å². The number of carboxylic acids is 1. The number of unbranched alkanes of at least 4 members (excludes halogenated alkanes) is 1. The number of hydrogen-bond acceptors (Lipinski definition) is 21. The summed E-state index contributed by atoms with van der Waals surface area (Å²) >= 11 is 0. The van der Waals surface area contributed by atoms with Gasteiger partial charge in [-0.05, 0) is 120 Å². The molecule has 14 amide bonds. The molecular weight excluding hydrogens is 1500 g/mol. The SMILES string of the molecule is CC[C@H](C)[C@H](NC(=O)CN)C(=O)N[C@@H](Cc1cnc[nH]1)C(=O)N[C@H](C(=O)NCC(=O)N1CCC[C@H]1C(=O)NCC(=O)N[C@@H](CCCNC(=N)N)C(=O)N[C@@H](C)C(=O)N[C@@H](Cc1ccccc1)C(=O)N[C@@H](Cc1ccc(O)cc1)C(=O)N[C@@H](C)C(=O)N[C@@H](C)C(=O)N[C@@H](CCCNC(=N)N)C(=O)N[C@@H](CCCCN)C(=O)O)[C@@H](C)CC. The minimum atomic E-state index is -1.51. The van der Waals surface area contributed by atoms with E-state index in [9.17, 15) is 82.1 Å². The second kappa shape index (κ2) is 49.5. The molecule has 0 aliphatic carbocycles. The molecule has 28 N–H and O–H groups in total.